The zero-order valence-electron chi connectivity index (χ0n) is 9.09. The van der Waals surface area contributed by atoms with Gasteiger partial charge in [0.05, 0.1) is 0 Å². The Morgan fingerprint density at radius 2 is 1.93 bits per heavy atom. The fourth-order valence-electron chi connectivity index (χ4n) is 2.36. The monoisotopic (exact) mass is 186 g/mol. The summed E-state index contributed by atoms with van der Waals surface area (Å²) < 4.78 is 0. The lowest BCUT2D eigenvalue weighted by Gasteiger charge is -2.07. The van der Waals surface area contributed by atoms with Crippen LogP contribution in [0, 0.1) is 0 Å². The zero-order valence-corrected chi connectivity index (χ0v) is 9.09. The van der Waals surface area contributed by atoms with Crippen LogP contribution in [-0.2, 0) is 0 Å². The summed E-state index contributed by atoms with van der Waals surface area (Å²) in [6.45, 7) is 4.52. The van der Waals surface area contributed by atoms with E-state index in [4.69, 9.17) is 0 Å². The van der Waals surface area contributed by atoms with Gasteiger partial charge in [-0.2, -0.15) is 0 Å². The third-order valence-corrected chi connectivity index (χ3v) is 3.07. The number of rotatable bonds is 3. The maximum atomic E-state index is 2.47. The van der Waals surface area contributed by atoms with Gasteiger partial charge in [-0.25, -0.2) is 0 Å². The van der Waals surface area contributed by atoms with E-state index in [1.807, 2.05) is 0 Å². The molecule has 1 atom stereocenters. The van der Waals surface area contributed by atoms with E-state index in [2.05, 4.69) is 44.2 Å². The van der Waals surface area contributed by atoms with Crippen LogP contribution in [0.3, 0.4) is 0 Å². The highest BCUT2D eigenvalue weighted by Gasteiger charge is 2.20. The molecule has 0 heterocycles. The Hall–Kier alpha value is -1.04. The standard InChI is InChI=1S/C14H18/c1-3-7-12-10-11(4-2)13-8-5-6-9-14(12)13/h5-6,8-11H,3-4,7H2,1-2H3. The Morgan fingerprint density at radius 1 is 1.14 bits per heavy atom. The molecule has 1 aromatic carbocycles. The van der Waals surface area contributed by atoms with Gasteiger partial charge in [0.1, 0.15) is 0 Å². The van der Waals surface area contributed by atoms with Crippen molar-refractivity contribution in [3.8, 4) is 0 Å². The predicted molar refractivity (Wildman–Crippen MR) is 62.4 cm³/mol. The molecular formula is C14H18. The minimum Gasteiger partial charge on any atom is -0.0732 e. The van der Waals surface area contributed by atoms with Gasteiger partial charge in [0.2, 0.25) is 0 Å². The normalized spacial score (nSPS) is 19.3. The Kier molecular flexibility index (Phi) is 2.72. The van der Waals surface area contributed by atoms with Crippen molar-refractivity contribution in [2.45, 2.75) is 39.0 Å². The van der Waals surface area contributed by atoms with Crippen molar-refractivity contribution in [3.63, 3.8) is 0 Å². The molecule has 0 bridgehead atoms. The van der Waals surface area contributed by atoms with Crippen LogP contribution in [0.5, 0.6) is 0 Å². The second-order valence-corrected chi connectivity index (χ2v) is 4.04. The van der Waals surface area contributed by atoms with Crippen LogP contribution in [0.25, 0.3) is 5.57 Å². The molecule has 0 aliphatic heterocycles. The first-order valence-corrected chi connectivity index (χ1v) is 5.66. The minimum absolute atomic E-state index is 0.674. The fourth-order valence-corrected chi connectivity index (χ4v) is 2.36. The number of fused-ring (bicyclic) bond motifs is 1. The van der Waals surface area contributed by atoms with Crippen LogP contribution >= 0.6 is 0 Å². The second kappa shape index (κ2) is 4.00. The molecule has 0 radical (unpaired) electrons. The molecule has 0 spiro atoms. The van der Waals surface area contributed by atoms with E-state index in [0.717, 1.165) is 0 Å². The molecule has 0 fully saturated rings. The van der Waals surface area contributed by atoms with Crippen LogP contribution in [0.4, 0.5) is 0 Å². The van der Waals surface area contributed by atoms with Crippen LogP contribution in [0.1, 0.15) is 50.2 Å². The Balaban J connectivity index is 2.38. The molecule has 14 heavy (non-hydrogen) atoms. The van der Waals surface area contributed by atoms with Crippen molar-refractivity contribution in [2.24, 2.45) is 0 Å². The van der Waals surface area contributed by atoms with Gasteiger partial charge < -0.3 is 0 Å². The molecular weight excluding hydrogens is 168 g/mol. The number of hydrogen-bond donors (Lipinski definition) is 0. The number of hydrogen-bond acceptors (Lipinski definition) is 0. The molecule has 2 rings (SSSR count). The van der Waals surface area contributed by atoms with E-state index in [9.17, 15) is 0 Å². The average Bonchev–Trinajstić information content (AvgIpc) is 2.58. The molecule has 74 valence electrons. The maximum Gasteiger partial charge on any atom is 0.00274 e. The zero-order chi connectivity index (χ0) is 9.97. The molecule has 0 heteroatoms. The first-order chi connectivity index (χ1) is 6.86. The summed E-state index contributed by atoms with van der Waals surface area (Å²) in [6.07, 6.45) is 6.17. The van der Waals surface area contributed by atoms with Crippen LogP contribution in [0.15, 0.2) is 30.3 Å². The largest absolute Gasteiger partial charge is 0.0732 e. The molecule has 0 nitrogen and oxygen atoms in total. The smallest absolute Gasteiger partial charge is 0.00274 e. The van der Waals surface area contributed by atoms with Crippen LogP contribution < -0.4 is 0 Å². The summed E-state index contributed by atoms with van der Waals surface area (Å²) in [5.41, 5.74) is 4.61. The van der Waals surface area contributed by atoms with Gasteiger partial charge in [0.15, 0.2) is 0 Å². The van der Waals surface area contributed by atoms with Crippen molar-refractivity contribution in [3.05, 3.63) is 41.5 Å². The van der Waals surface area contributed by atoms with Gasteiger partial charge in [0, 0.05) is 5.92 Å². The van der Waals surface area contributed by atoms with Gasteiger partial charge in [-0.1, -0.05) is 50.6 Å². The first kappa shape index (κ1) is 9.51. The average molecular weight is 186 g/mol. The molecule has 1 aliphatic carbocycles. The Bertz CT molecular complexity index is 347. The van der Waals surface area contributed by atoms with Gasteiger partial charge in [0.25, 0.3) is 0 Å². The molecule has 1 unspecified atom stereocenters. The van der Waals surface area contributed by atoms with E-state index in [0.29, 0.717) is 5.92 Å². The van der Waals surface area contributed by atoms with E-state index in [1.165, 1.54) is 24.8 Å². The molecule has 0 amide bonds. The second-order valence-electron chi connectivity index (χ2n) is 4.04. The molecule has 0 N–H and O–H groups in total. The minimum atomic E-state index is 0.674. The fraction of sp³-hybridized carbons (Fsp3) is 0.429. The van der Waals surface area contributed by atoms with E-state index < -0.39 is 0 Å². The van der Waals surface area contributed by atoms with E-state index >= 15 is 0 Å². The molecule has 0 aromatic heterocycles. The predicted octanol–water partition coefficient (Wildman–Crippen LogP) is 4.38. The lowest BCUT2D eigenvalue weighted by Crippen LogP contribution is -1.89. The lowest BCUT2D eigenvalue weighted by molar-refractivity contribution is 0.817. The summed E-state index contributed by atoms with van der Waals surface area (Å²) in [6, 6.07) is 8.86. The Morgan fingerprint density at radius 3 is 2.64 bits per heavy atom. The molecule has 0 saturated heterocycles. The summed E-state index contributed by atoms with van der Waals surface area (Å²) >= 11 is 0. The van der Waals surface area contributed by atoms with Crippen molar-refractivity contribution in [2.75, 3.05) is 0 Å². The van der Waals surface area contributed by atoms with Crippen molar-refractivity contribution in [1.82, 2.24) is 0 Å². The Labute approximate surface area is 86.7 Å². The summed E-state index contributed by atoms with van der Waals surface area (Å²) in [5, 5.41) is 0. The summed E-state index contributed by atoms with van der Waals surface area (Å²) in [7, 11) is 0. The molecule has 1 aromatic rings. The number of benzene rings is 1. The third-order valence-electron chi connectivity index (χ3n) is 3.07. The van der Waals surface area contributed by atoms with Crippen molar-refractivity contribution >= 4 is 5.57 Å². The van der Waals surface area contributed by atoms with E-state index in [1.54, 1.807) is 11.1 Å². The third kappa shape index (κ3) is 1.50. The molecule has 1 aliphatic rings. The summed E-state index contributed by atoms with van der Waals surface area (Å²) in [4.78, 5) is 0. The van der Waals surface area contributed by atoms with Crippen molar-refractivity contribution in [1.29, 1.82) is 0 Å². The first-order valence-electron chi connectivity index (χ1n) is 5.66. The van der Waals surface area contributed by atoms with Crippen LogP contribution in [-0.4, -0.2) is 0 Å². The lowest BCUT2D eigenvalue weighted by atomic mass is 9.98. The number of allylic oxidation sites excluding steroid dienone is 2. The highest BCUT2D eigenvalue weighted by molar-refractivity contribution is 5.74. The topological polar surface area (TPSA) is 0 Å². The van der Waals surface area contributed by atoms with Crippen molar-refractivity contribution < 1.29 is 0 Å². The SMILES string of the molecule is CCCC1=CC(CC)c2ccccc21. The highest BCUT2D eigenvalue weighted by Crippen LogP contribution is 2.39. The summed E-state index contributed by atoms with van der Waals surface area (Å²) in [5.74, 6) is 0.674. The van der Waals surface area contributed by atoms with E-state index in [-0.39, 0.29) is 0 Å². The molecule has 0 saturated carbocycles. The van der Waals surface area contributed by atoms with Crippen LogP contribution in [0.2, 0.25) is 0 Å². The van der Waals surface area contributed by atoms with Gasteiger partial charge in [-0.05, 0) is 29.5 Å². The van der Waals surface area contributed by atoms with Gasteiger partial charge >= 0.3 is 0 Å². The van der Waals surface area contributed by atoms with Gasteiger partial charge in [-0.3, -0.25) is 0 Å². The maximum absolute atomic E-state index is 2.47. The quantitative estimate of drug-likeness (QED) is 0.657. The highest BCUT2D eigenvalue weighted by atomic mass is 14.2. The van der Waals surface area contributed by atoms with Gasteiger partial charge in [-0.15, -0.1) is 0 Å².